The second kappa shape index (κ2) is 9.46. The van der Waals surface area contributed by atoms with Crippen LogP contribution in [0.4, 0.5) is 4.39 Å². The van der Waals surface area contributed by atoms with Crippen LogP contribution in [0.15, 0.2) is 54.6 Å². The van der Waals surface area contributed by atoms with E-state index in [0.29, 0.717) is 12.1 Å². The average molecular weight is 355 g/mol. The molecule has 2 aromatic carbocycles. The van der Waals surface area contributed by atoms with Crippen molar-refractivity contribution in [2.24, 2.45) is 0 Å². The Morgan fingerprint density at radius 1 is 0.923 bits per heavy atom. The molecule has 1 amide bonds. The number of halogens is 1. The van der Waals surface area contributed by atoms with Gasteiger partial charge in [0, 0.05) is 45.8 Å². The Bertz CT molecular complexity index is 699. The van der Waals surface area contributed by atoms with Crippen molar-refractivity contribution < 1.29 is 9.18 Å². The highest BCUT2D eigenvalue weighted by Gasteiger charge is 2.16. The number of piperazine rings is 1. The molecule has 1 aliphatic rings. The highest BCUT2D eigenvalue weighted by molar-refractivity contribution is 5.78. The van der Waals surface area contributed by atoms with E-state index in [1.807, 2.05) is 6.07 Å². The van der Waals surface area contributed by atoms with Crippen LogP contribution in [0, 0.1) is 5.82 Å². The second-order valence-electron chi connectivity index (χ2n) is 6.72. The Morgan fingerprint density at radius 2 is 1.58 bits per heavy atom. The van der Waals surface area contributed by atoms with Gasteiger partial charge in [0.15, 0.2) is 0 Å². The van der Waals surface area contributed by atoms with Crippen LogP contribution >= 0.6 is 0 Å². The van der Waals surface area contributed by atoms with Crippen LogP contribution in [0.2, 0.25) is 0 Å². The van der Waals surface area contributed by atoms with E-state index in [4.69, 9.17) is 0 Å². The van der Waals surface area contributed by atoms with Crippen molar-refractivity contribution in [3.63, 3.8) is 0 Å². The molecular weight excluding hydrogens is 329 g/mol. The predicted octanol–water partition coefficient (Wildman–Crippen LogP) is 2.30. The maximum atomic E-state index is 13.6. The number of amides is 1. The minimum Gasteiger partial charge on any atom is -0.355 e. The number of carbonyl (C=O) groups excluding carboxylic acids is 1. The molecule has 0 bridgehead atoms. The maximum Gasteiger partial charge on any atom is 0.224 e. The van der Waals surface area contributed by atoms with Gasteiger partial charge in [-0.3, -0.25) is 14.6 Å². The number of nitrogens with one attached hydrogen (secondary N) is 1. The molecule has 5 heteroatoms. The van der Waals surface area contributed by atoms with E-state index >= 15 is 0 Å². The topological polar surface area (TPSA) is 35.6 Å². The summed E-state index contributed by atoms with van der Waals surface area (Å²) in [5.74, 6) is -0.449. The summed E-state index contributed by atoms with van der Waals surface area (Å²) < 4.78 is 13.6. The van der Waals surface area contributed by atoms with Gasteiger partial charge in [0.25, 0.3) is 0 Å². The zero-order valence-electron chi connectivity index (χ0n) is 15.0. The quantitative estimate of drug-likeness (QED) is 0.828. The summed E-state index contributed by atoms with van der Waals surface area (Å²) >= 11 is 0. The Hall–Kier alpha value is -2.24. The fourth-order valence-corrected chi connectivity index (χ4v) is 3.24. The van der Waals surface area contributed by atoms with Gasteiger partial charge < -0.3 is 5.32 Å². The van der Waals surface area contributed by atoms with E-state index in [2.05, 4.69) is 39.4 Å². The molecule has 0 unspecified atom stereocenters. The van der Waals surface area contributed by atoms with Crippen molar-refractivity contribution in [3.05, 3.63) is 71.5 Å². The molecule has 1 N–H and O–H groups in total. The molecule has 0 saturated carbocycles. The summed E-state index contributed by atoms with van der Waals surface area (Å²) in [4.78, 5) is 16.8. The number of benzene rings is 2. The minimum absolute atomic E-state index is 0.0948. The second-order valence-corrected chi connectivity index (χ2v) is 6.72. The van der Waals surface area contributed by atoms with E-state index in [-0.39, 0.29) is 18.1 Å². The molecule has 26 heavy (non-hydrogen) atoms. The summed E-state index contributed by atoms with van der Waals surface area (Å²) in [5, 5.41) is 2.90. The first-order valence-electron chi connectivity index (χ1n) is 9.19. The third-order valence-corrected chi connectivity index (χ3v) is 4.77. The molecule has 0 radical (unpaired) electrons. The van der Waals surface area contributed by atoms with Gasteiger partial charge in [0.05, 0.1) is 6.42 Å². The van der Waals surface area contributed by atoms with Crippen LogP contribution in [0.1, 0.15) is 11.1 Å². The summed E-state index contributed by atoms with van der Waals surface area (Å²) in [6.07, 6.45) is 0.0948. The summed E-state index contributed by atoms with van der Waals surface area (Å²) in [6, 6.07) is 17.0. The van der Waals surface area contributed by atoms with Crippen molar-refractivity contribution in [1.29, 1.82) is 0 Å². The van der Waals surface area contributed by atoms with E-state index in [0.717, 1.165) is 39.3 Å². The van der Waals surface area contributed by atoms with Crippen LogP contribution in [-0.2, 0) is 17.8 Å². The monoisotopic (exact) mass is 355 g/mol. The van der Waals surface area contributed by atoms with Crippen molar-refractivity contribution in [3.8, 4) is 0 Å². The Balaban J connectivity index is 1.32. The molecule has 4 nitrogen and oxygen atoms in total. The molecule has 1 fully saturated rings. The highest BCUT2D eigenvalue weighted by Crippen LogP contribution is 2.08. The molecule has 0 aliphatic carbocycles. The molecule has 1 heterocycles. The van der Waals surface area contributed by atoms with E-state index in [1.165, 1.54) is 11.6 Å². The van der Waals surface area contributed by atoms with Crippen molar-refractivity contribution >= 4 is 5.91 Å². The lowest BCUT2D eigenvalue weighted by molar-refractivity contribution is -0.120. The van der Waals surface area contributed by atoms with Crippen LogP contribution < -0.4 is 5.32 Å². The largest absolute Gasteiger partial charge is 0.355 e. The summed E-state index contributed by atoms with van der Waals surface area (Å²) in [6.45, 7) is 6.53. The van der Waals surface area contributed by atoms with Gasteiger partial charge in [-0.1, -0.05) is 48.5 Å². The molecule has 2 aromatic rings. The smallest absolute Gasteiger partial charge is 0.224 e. The van der Waals surface area contributed by atoms with Gasteiger partial charge in [-0.25, -0.2) is 4.39 Å². The van der Waals surface area contributed by atoms with Gasteiger partial charge >= 0.3 is 0 Å². The molecule has 1 aliphatic heterocycles. The van der Waals surface area contributed by atoms with Gasteiger partial charge in [-0.05, 0) is 17.2 Å². The van der Waals surface area contributed by atoms with Crippen LogP contribution in [0.3, 0.4) is 0 Å². The molecule has 1 saturated heterocycles. The van der Waals surface area contributed by atoms with E-state index < -0.39 is 0 Å². The maximum absolute atomic E-state index is 13.6. The Morgan fingerprint density at radius 3 is 2.31 bits per heavy atom. The number of hydrogen-bond acceptors (Lipinski definition) is 3. The van der Waals surface area contributed by atoms with Crippen molar-refractivity contribution in [1.82, 2.24) is 15.1 Å². The summed E-state index contributed by atoms with van der Waals surface area (Å²) in [5.41, 5.74) is 1.79. The lowest BCUT2D eigenvalue weighted by atomic mass is 10.1. The Kier molecular flexibility index (Phi) is 6.75. The SMILES string of the molecule is O=C(Cc1ccccc1F)NCCN1CCN(Cc2ccccc2)CC1. The van der Waals surface area contributed by atoms with Gasteiger partial charge in [0.1, 0.15) is 5.82 Å². The Labute approximate surface area is 154 Å². The zero-order chi connectivity index (χ0) is 18.2. The van der Waals surface area contributed by atoms with Crippen LogP contribution in [-0.4, -0.2) is 55.0 Å². The third-order valence-electron chi connectivity index (χ3n) is 4.77. The van der Waals surface area contributed by atoms with Gasteiger partial charge in [-0.2, -0.15) is 0 Å². The van der Waals surface area contributed by atoms with Crippen molar-refractivity contribution in [2.75, 3.05) is 39.3 Å². The van der Waals surface area contributed by atoms with E-state index in [9.17, 15) is 9.18 Å². The zero-order valence-corrected chi connectivity index (χ0v) is 15.0. The summed E-state index contributed by atoms with van der Waals surface area (Å²) in [7, 11) is 0. The molecular formula is C21H26FN3O. The van der Waals surface area contributed by atoms with Crippen molar-refractivity contribution in [2.45, 2.75) is 13.0 Å². The average Bonchev–Trinajstić information content (AvgIpc) is 2.66. The fraction of sp³-hybridized carbons (Fsp3) is 0.381. The predicted molar refractivity (Wildman–Crippen MR) is 101 cm³/mol. The molecule has 3 rings (SSSR count). The van der Waals surface area contributed by atoms with Gasteiger partial charge in [0.2, 0.25) is 5.91 Å². The highest BCUT2D eigenvalue weighted by atomic mass is 19.1. The minimum atomic E-state index is -0.322. The molecule has 0 spiro atoms. The van der Waals surface area contributed by atoms with Gasteiger partial charge in [-0.15, -0.1) is 0 Å². The number of carbonyl (C=O) groups is 1. The normalized spacial score (nSPS) is 15.7. The number of rotatable bonds is 7. The first kappa shape index (κ1) is 18.5. The van der Waals surface area contributed by atoms with E-state index in [1.54, 1.807) is 18.2 Å². The number of nitrogens with zero attached hydrogens (tertiary/aromatic N) is 2. The third kappa shape index (κ3) is 5.64. The molecule has 0 aromatic heterocycles. The number of hydrogen-bond donors (Lipinski definition) is 1. The fourth-order valence-electron chi connectivity index (χ4n) is 3.24. The van der Waals surface area contributed by atoms with Crippen LogP contribution in [0.5, 0.6) is 0 Å². The lowest BCUT2D eigenvalue weighted by Gasteiger charge is -2.34. The molecule has 0 atom stereocenters. The first-order valence-corrected chi connectivity index (χ1v) is 9.19. The standard InChI is InChI=1S/C21H26FN3O/c22-20-9-5-4-8-19(20)16-21(26)23-10-11-24-12-14-25(15-13-24)17-18-6-2-1-3-7-18/h1-9H,10-17H2,(H,23,26). The lowest BCUT2D eigenvalue weighted by Crippen LogP contribution is -2.48. The molecule has 138 valence electrons. The van der Waals surface area contributed by atoms with Crippen LogP contribution in [0.25, 0.3) is 0 Å². The first-order chi connectivity index (χ1) is 12.7.